The predicted octanol–water partition coefficient (Wildman–Crippen LogP) is 1.61. The van der Waals surface area contributed by atoms with Crippen LogP contribution in [0.2, 0.25) is 0 Å². The molecular formula is C9H19NO2. The molecule has 0 aromatic rings. The summed E-state index contributed by atoms with van der Waals surface area (Å²) < 4.78 is 0. The van der Waals surface area contributed by atoms with Crippen molar-refractivity contribution in [2.45, 2.75) is 45.6 Å². The summed E-state index contributed by atoms with van der Waals surface area (Å²) >= 11 is 0. The lowest BCUT2D eigenvalue weighted by atomic mass is 10.0. The first kappa shape index (κ1) is 11.4. The van der Waals surface area contributed by atoms with Gasteiger partial charge < -0.3 is 10.8 Å². The first-order valence-corrected chi connectivity index (χ1v) is 4.52. The van der Waals surface area contributed by atoms with Crippen molar-refractivity contribution in [3.63, 3.8) is 0 Å². The molecular weight excluding hydrogens is 154 g/mol. The molecule has 3 heteroatoms. The van der Waals surface area contributed by atoms with E-state index in [9.17, 15) is 4.79 Å². The summed E-state index contributed by atoms with van der Waals surface area (Å²) in [5.74, 6) is -0.189. The molecule has 0 aromatic carbocycles. The Bertz CT molecular complexity index is 134. The van der Waals surface area contributed by atoms with Crippen LogP contribution >= 0.6 is 0 Å². The lowest BCUT2D eigenvalue weighted by molar-refractivity contribution is -0.138. The van der Waals surface area contributed by atoms with Crippen molar-refractivity contribution >= 4 is 5.97 Å². The summed E-state index contributed by atoms with van der Waals surface area (Å²) in [4.78, 5) is 10.3. The number of carboxylic acids is 1. The SMILES string of the molecule is CC(C)CCCC[C@H](N)C(=O)O. The molecule has 0 rings (SSSR count). The van der Waals surface area contributed by atoms with Gasteiger partial charge in [-0.1, -0.05) is 33.1 Å². The highest BCUT2D eigenvalue weighted by Crippen LogP contribution is 2.08. The molecule has 1 atom stereocenters. The molecule has 0 fully saturated rings. The minimum Gasteiger partial charge on any atom is -0.480 e. The largest absolute Gasteiger partial charge is 0.480 e. The van der Waals surface area contributed by atoms with Gasteiger partial charge in [0.25, 0.3) is 0 Å². The average molecular weight is 173 g/mol. The van der Waals surface area contributed by atoms with Gasteiger partial charge in [0.2, 0.25) is 0 Å². The molecule has 0 radical (unpaired) electrons. The molecule has 0 aromatic heterocycles. The van der Waals surface area contributed by atoms with Crippen molar-refractivity contribution in [1.82, 2.24) is 0 Å². The predicted molar refractivity (Wildman–Crippen MR) is 48.9 cm³/mol. The van der Waals surface area contributed by atoms with Crippen LogP contribution in [0.5, 0.6) is 0 Å². The van der Waals surface area contributed by atoms with Crippen molar-refractivity contribution in [2.24, 2.45) is 11.7 Å². The topological polar surface area (TPSA) is 63.3 Å². The van der Waals surface area contributed by atoms with E-state index in [1.54, 1.807) is 0 Å². The fourth-order valence-corrected chi connectivity index (χ4v) is 1.04. The third-order valence-corrected chi connectivity index (χ3v) is 1.86. The molecule has 0 aliphatic rings. The van der Waals surface area contributed by atoms with Gasteiger partial charge in [-0.15, -0.1) is 0 Å². The summed E-state index contributed by atoms with van der Waals surface area (Å²) in [6, 6.07) is -0.669. The maximum atomic E-state index is 10.3. The number of unbranched alkanes of at least 4 members (excludes halogenated alkanes) is 1. The van der Waals surface area contributed by atoms with Crippen molar-refractivity contribution < 1.29 is 9.90 Å². The van der Waals surface area contributed by atoms with Crippen molar-refractivity contribution in [1.29, 1.82) is 0 Å². The van der Waals surface area contributed by atoms with Crippen LogP contribution in [0.25, 0.3) is 0 Å². The van der Waals surface area contributed by atoms with E-state index in [2.05, 4.69) is 13.8 Å². The normalized spacial score (nSPS) is 13.3. The first-order chi connectivity index (χ1) is 5.54. The number of carbonyl (C=O) groups is 1. The number of aliphatic carboxylic acids is 1. The van der Waals surface area contributed by atoms with Crippen molar-refractivity contribution in [3.8, 4) is 0 Å². The molecule has 0 saturated carbocycles. The molecule has 72 valence electrons. The molecule has 0 saturated heterocycles. The van der Waals surface area contributed by atoms with Crippen LogP contribution in [0.4, 0.5) is 0 Å². The summed E-state index contributed by atoms with van der Waals surface area (Å²) in [5, 5.41) is 8.47. The lowest BCUT2D eigenvalue weighted by Crippen LogP contribution is -2.29. The number of rotatable bonds is 6. The first-order valence-electron chi connectivity index (χ1n) is 4.52. The minimum atomic E-state index is -0.889. The van der Waals surface area contributed by atoms with Gasteiger partial charge in [-0.2, -0.15) is 0 Å². The van der Waals surface area contributed by atoms with Gasteiger partial charge in [0.1, 0.15) is 6.04 Å². The Balaban J connectivity index is 3.25. The molecule has 0 amide bonds. The molecule has 0 heterocycles. The molecule has 0 unspecified atom stereocenters. The van der Waals surface area contributed by atoms with Crippen LogP contribution < -0.4 is 5.73 Å². The number of carboxylic acid groups (broad SMARTS) is 1. The summed E-state index contributed by atoms with van der Waals surface area (Å²) in [6.45, 7) is 4.33. The Morgan fingerprint density at radius 1 is 1.33 bits per heavy atom. The van der Waals surface area contributed by atoms with Gasteiger partial charge in [0.15, 0.2) is 0 Å². The van der Waals surface area contributed by atoms with Crippen molar-refractivity contribution in [2.75, 3.05) is 0 Å². The van der Waals surface area contributed by atoms with Crippen LogP contribution in [-0.4, -0.2) is 17.1 Å². The highest BCUT2D eigenvalue weighted by molar-refractivity contribution is 5.72. The molecule has 0 aliphatic carbocycles. The van der Waals surface area contributed by atoms with E-state index in [1.165, 1.54) is 0 Å². The fraction of sp³-hybridized carbons (Fsp3) is 0.889. The van der Waals surface area contributed by atoms with Gasteiger partial charge in [-0.05, 0) is 12.3 Å². The molecule has 3 nitrogen and oxygen atoms in total. The third kappa shape index (κ3) is 6.16. The second kappa shape index (κ2) is 6.00. The van der Waals surface area contributed by atoms with Crippen LogP contribution in [0.1, 0.15) is 39.5 Å². The Kier molecular flexibility index (Phi) is 5.72. The zero-order valence-electron chi connectivity index (χ0n) is 7.92. The van der Waals surface area contributed by atoms with Gasteiger partial charge in [-0.25, -0.2) is 0 Å². The zero-order valence-corrected chi connectivity index (χ0v) is 7.92. The second-order valence-corrected chi connectivity index (χ2v) is 3.62. The highest BCUT2D eigenvalue weighted by Gasteiger charge is 2.09. The van der Waals surface area contributed by atoms with Crippen LogP contribution in [0.3, 0.4) is 0 Å². The minimum absolute atomic E-state index is 0.599. The van der Waals surface area contributed by atoms with Crippen LogP contribution in [-0.2, 0) is 4.79 Å². The standard InChI is InChI=1S/C9H19NO2/c1-7(2)5-3-4-6-8(10)9(11)12/h7-8H,3-6,10H2,1-2H3,(H,11,12)/t8-/m0/s1. The second-order valence-electron chi connectivity index (χ2n) is 3.62. The maximum absolute atomic E-state index is 10.3. The monoisotopic (exact) mass is 173 g/mol. The van der Waals surface area contributed by atoms with E-state index in [-0.39, 0.29) is 0 Å². The van der Waals surface area contributed by atoms with Gasteiger partial charge in [-0.3, -0.25) is 4.79 Å². The smallest absolute Gasteiger partial charge is 0.320 e. The van der Waals surface area contributed by atoms with Gasteiger partial charge >= 0.3 is 5.97 Å². The van der Waals surface area contributed by atoms with Gasteiger partial charge in [0, 0.05) is 0 Å². The quantitative estimate of drug-likeness (QED) is 0.600. The van der Waals surface area contributed by atoms with Crippen molar-refractivity contribution in [3.05, 3.63) is 0 Å². The summed E-state index contributed by atoms with van der Waals surface area (Å²) in [6.07, 6.45) is 3.76. The van der Waals surface area contributed by atoms with Gasteiger partial charge in [0.05, 0.1) is 0 Å². The van der Waals surface area contributed by atoms with E-state index in [0.717, 1.165) is 19.3 Å². The fourth-order valence-electron chi connectivity index (χ4n) is 1.04. The summed E-state index contributed by atoms with van der Waals surface area (Å²) in [5.41, 5.74) is 5.33. The van der Waals surface area contributed by atoms with Crippen LogP contribution in [0, 0.1) is 5.92 Å². The number of hydrogen-bond donors (Lipinski definition) is 2. The Morgan fingerprint density at radius 3 is 2.25 bits per heavy atom. The molecule has 0 spiro atoms. The van der Waals surface area contributed by atoms with Crippen LogP contribution in [0.15, 0.2) is 0 Å². The highest BCUT2D eigenvalue weighted by atomic mass is 16.4. The lowest BCUT2D eigenvalue weighted by Gasteiger charge is -2.06. The molecule has 12 heavy (non-hydrogen) atoms. The van der Waals surface area contributed by atoms with E-state index in [0.29, 0.717) is 12.3 Å². The van der Waals surface area contributed by atoms with E-state index >= 15 is 0 Å². The molecule has 0 bridgehead atoms. The van der Waals surface area contributed by atoms with E-state index in [1.807, 2.05) is 0 Å². The average Bonchev–Trinajstić information content (AvgIpc) is 1.97. The van der Waals surface area contributed by atoms with E-state index < -0.39 is 12.0 Å². The number of hydrogen-bond acceptors (Lipinski definition) is 2. The molecule has 3 N–H and O–H groups in total. The van der Waals surface area contributed by atoms with E-state index in [4.69, 9.17) is 10.8 Å². The zero-order chi connectivity index (χ0) is 9.56. The Hall–Kier alpha value is -0.570. The maximum Gasteiger partial charge on any atom is 0.320 e. The third-order valence-electron chi connectivity index (χ3n) is 1.86. The Labute approximate surface area is 74.0 Å². The number of nitrogens with two attached hydrogens (primary N) is 1. The summed E-state index contributed by atoms with van der Waals surface area (Å²) in [7, 11) is 0. The Morgan fingerprint density at radius 2 is 1.83 bits per heavy atom. The molecule has 0 aliphatic heterocycles.